The van der Waals surface area contributed by atoms with E-state index in [0.717, 1.165) is 20.5 Å². The van der Waals surface area contributed by atoms with Crippen molar-refractivity contribution in [3.8, 4) is 0 Å². The Kier molecular flexibility index (Phi) is 6.47. The third-order valence-electron chi connectivity index (χ3n) is 5.96. The Hall–Kier alpha value is -3.26. The van der Waals surface area contributed by atoms with E-state index in [-0.39, 0.29) is 29.2 Å². The Balaban J connectivity index is 1.41. The quantitative estimate of drug-likeness (QED) is 0.367. The van der Waals surface area contributed by atoms with Gasteiger partial charge in [-0.1, -0.05) is 34.1 Å². The smallest absolute Gasteiger partial charge is 0.338 e. The fourth-order valence-corrected chi connectivity index (χ4v) is 4.60. The number of esters is 1. The first-order valence-electron chi connectivity index (χ1n) is 10.6. The lowest BCUT2D eigenvalue weighted by Gasteiger charge is -2.15. The van der Waals surface area contributed by atoms with E-state index in [1.165, 1.54) is 12.1 Å². The number of imide groups is 1. The number of aryl methyl sites for hydroxylation is 2. The fourth-order valence-electron chi connectivity index (χ4n) is 4.14. The number of nitrogens with zero attached hydrogens (tertiary/aromatic N) is 1. The summed E-state index contributed by atoms with van der Waals surface area (Å²) in [6, 6.07) is 9.90. The minimum Gasteiger partial charge on any atom is -0.452 e. The van der Waals surface area contributed by atoms with Crippen molar-refractivity contribution in [3.63, 3.8) is 0 Å². The number of carbonyl (C=O) groups is 4. The molecule has 0 bridgehead atoms. The summed E-state index contributed by atoms with van der Waals surface area (Å²) in [5.74, 6) is -2.39. The van der Waals surface area contributed by atoms with Crippen LogP contribution in [0.3, 0.4) is 0 Å². The zero-order chi connectivity index (χ0) is 23.7. The van der Waals surface area contributed by atoms with E-state index in [9.17, 15) is 19.2 Å². The van der Waals surface area contributed by atoms with Crippen LogP contribution in [0.1, 0.15) is 34.3 Å². The molecular weight excluding hydrogens is 488 g/mol. The second-order valence-electron chi connectivity index (χ2n) is 8.26. The van der Waals surface area contributed by atoms with E-state index in [2.05, 4.69) is 21.2 Å². The highest BCUT2D eigenvalue weighted by Gasteiger charge is 2.47. The maximum Gasteiger partial charge on any atom is 0.338 e. The Labute approximate surface area is 199 Å². The summed E-state index contributed by atoms with van der Waals surface area (Å²) < 4.78 is 6.10. The Morgan fingerprint density at radius 3 is 2.36 bits per heavy atom. The van der Waals surface area contributed by atoms with Gasteiger partial charge in [0.1, 0.15) is 0 Å². The number of hydrogen-bond acceptors (Lipinski definition) is 5. The Bertz CT molecular complexity index is 1160. The molecule has 0 unspecified atom stereocenters. The van der Waals surface area contributed by atoms with Gasteiger partial charge in [0.25, 0.3) is 5.91 Å². The van der Waals surface area contributed by atoms with Gasteiger partial charge in [-0.05, 0) is 68.1 Å². The molecule has 2 aliphatic rings. The maximum absolute atomic E-state index is 12.8. The molecule has 1 aliphatic heterocycles. The molecule has 0 spiro atoms. The summed E-state index contributed by atoms with van der Waals surface area (Å²) in [6.45, 7) is 3.31. The number of anilines is 2. The topological polar surface area (TPSA) is 92.8 Å². The van der Waals surface area contributed by atoms with E-state index < -0.39 is 18.5 Å². The van der Waals surface area contributed by atoms with Crippen LogP contribution in [-0.2, 0) is 19.1 Å². The summed E-state index contributed by atoms with van der Waals surface area (Å²) in [6.07, 6.45) is 4.93. The second kappa shape index (κ2) is 9.31. The van der Waals surface area contributed by atoms with Gasteiger partial charge in [-0.3, -0.25) is 19.3 Å². The molecule has 1 fully saturated rings. The first-order chi connectivity index (χ1) is 15.8. The van der Waals surface area contributed by atoms with E-state index in [1.807, 2.05) is 38.1 Å². The maximum atomic E-state index is 12.8. The molecular formula is C25H23BrN2O5. The van der Waals surface area contributed by atoms with Crippen molar-refractivity contribution in [2.75, 3.05) is 16.8 Å². The molecule has 8 heteroatoms. The van der Waals surface area contributed by atoms with Crippen molar-refractivity contribution in [2.24, 2.45) is 11.8 Å². The van der Waals surface area contributed by atoms with Crippen LogP contribution in [0, 0.1) is 25.7 Å². The molecule has 0 aromatic heterocycles. The highest BCUT2D eigenvalue weighted by Crippen LogP contribution is 2.37. The van der Waals surface area contributed by atoms with Crippen LogP contribution in [0.2, 0.25) is 0 Å². The molecule has 0 radical (unpaired) electrons. The number of rotatable bonds is 5. The SMILES string of the molecule is Cc1cc(NC(=O)COC(=O)c2cccc(N3C(=O)[C@@H]4CC=CC[C@H]4C3=O)c2)c(C)cc1Br. The molecule has 3 amide bonds. The molecule has 170 valence electrons. The summed E-state index contributed by atoms with van der Waals surface area (Å²) in [5, 5.41) is 2.74. The second-order valence-corrected chi connectivity index (χ2v) is 9.11. The number of halogens is 1. The van der Waals surface area contributed by atoms with E-state index in [0.29, 0.717) is 24.2 Å². The molecule has 1 N–H and O–H groups in total. The van der Waals surface area contributed by atoms with Gasteiger partial charge < -0.3 is 10.1 Å². The Morgan fingerprint density at radius 1 is 1.03 bits per heavy atom. The fraction of sp³-hybridized carbons (Fsp3) is 0.280. The van der Waals surface area contributed by atoms with Crippen LogP contribution >= 0.6 is 15.9 Å². The Morgan fingerprint density at radius 2 is 1.70 bits per heavy atom. The first kappa shape index (κ1) is 22.9. The third-order valence-corrected chi connectivity index (χ3v) is 6.82. The number of carbonyl (C=O) groups excluding carboxylic acids is 4. The number of nitrogens with one attached hydrogen (secondary N) is 1. The molecule has 1 saturated heterocycles. The average Bonchev–Trinajstić information content (AvgIpc) is 3.06. The van der Waals surface area contributed by atoms with E-state index in [1.54, 1.807) is 12.1 Å². The normalized spacial score (nSPS) is 19.4. The number of benzene rings is 2. The van der Waals surface area contributed by atoms with Gasteiger partial charge in [0.05, 0.1) is 23.1 Å². The van der Waals surface area contributed by atoms with Crippen molar-refractivity contribution in [3.05, 3.63) is 69.7 Å². The molecule has 7 nitrogen and oxygen atoms in total. The van der Waals surface area contributed by atoms with Gasteiger partial charge in [-0.15, -0.1) is 0 Å². The van der Waals surface area contributed by atoms with Crippen LogP contribution in [0.15, 0.2) is 53.0 Å². The highest BCUT2D eigenvalue weighted by molar-refractivity contribution is 9.10. The zero-order valence-electron chi connectivity index (χ0n) is 18.3. The standard InChI is InChI=1S/C25H23BrN2O5/c1-14-11-21(15(2)10-20(14)26)27-22(29)13-33-25(32)16-6-5-7-17(12-16)28-23(30)18-8-3-4-9-19(18)24(28)31/h3-7,10-12,18-19H,8-9,13H2,1-2H3,(H,27,29)/t18-,19-/m1/s1. The van der Waals surface area contributed by atoms with Crippen molar-refractivity contribution in [1.29, 1.82) is 0 Å². The average molecular weight is 511 g/mol. The lowest BCUT2D eigenvalue weighted by molar-refractivity contribution is -0.122. The van der Waals surface area contributed by atoms with E-state index >= 15 is 0 Å². The first-order valence-corrected chi connectivity index (χ1v) is 11.4. The van der Waals surface area contributed by atoms with Gasteiger partial charge in [0.2, 0.25) is 11.8 Å². The van der Waals surface area contributed by atoms with Gasteiger partial charge in [0, 0.05) is 10.2 Å². The summed E-state index contributed by atoms with van der Waals surface area (Å²) in [4.78, 5) is 51.6. The largest absolute Gasteiger partial charge is 0.452 e. The van der Waals surface area contributed by atoms with Crippen LogP contribution in [0.4, 0.5) is 11.4 Å². The molecule has 0 saturated carbocycles. The molecule has 2 atom stereocenters. The van der Waals surface area contributed by atoms with Crippen LogP contribution in [0.25, 0.3) is 0 Å². The zero-order valence-corrected chi connectivity index (χ0v) is 19.8. The third kappa shape index (κ3) is 4.61. The van der Waals surface area contributed by atoms with Crippen molar-refractivity contribution in [2.45, 2.75) is 26.7 Å². The van der Waals surface area contributed by atoms with Crippen LogP contribution < -0.4 is 10.2 Å². The number of fused-ring (bicyclic) bond motifs is 1. The number of hydrogen-bond donors (Lipinski definition) is 1. The predicted molar refractivity (Wildman–Crippen MR) is 127 cm³/mol. The lowest BCUT2D eigenvalue weighted by Crippen LogP contribution is -2.31. The number of ether oxygens (including phenoxy) is 1. The molecule has 2 aromatic rings. The molecule has 1 aliphatic carbocycles. The van der Waals surface area contributed by atoms with Crippen molar-refractivity contribution < 1.29 is 23.9 Å². The lowest BCUT2D eigenvalue weighted by atomic mass is 9.85. The van der Waals surface area contributed by atoms with Gasteiger partial charge in [-0.2, -0.15) is 0 Å². The molecule has 2 aromatic carbocycles. The molecule has 33 heavy (non-hydrogen) atoms. The summed E-state index contributed by atoms with van der Waals surface area (Å²) >= 11 is 3.45. The summed E-state index contributed by atoms with van der Waals surface area (Å²) in [5.41, 5.74) is 2.96. The minimum absolute atomic E-state index is 0.157. The minimum atomic E-state index is -0.714. The van der Waals surface area contributed by atoms with Gasteiger partial charge >= 0.3 is 5.97 Å². The molecule has 4 rings (SSSR count). The van der Waals surface area contributed by atoms with Crippen molar-refractivity contribution in [1.82, 2.24) is 0 Å². The monoisotopic (exact) mass is 510 g/mol. The molecule has 1 heterocycles. The summed E-state index contributed by atoms with van der Waals surface area (Å²) in [7, 11) is 0. The number of allylic oxidation sites excluding steroid dienone is 2. The predicted octanol–water partition coefficient (Wildman–Crippen LogP) is 4.32. The van der Waals surface area contributed by atoms with Crippen LogP contribution in [-0.4, -0.2) is 30.3 Å². The van der Waals surface area contributed by atoms with E-state index in [4.69, 9.17) is 4.74 Å². The number of amides is 3. The van der Waals surface area contributed by atoms with Gasteiger partial charge in [0.15, 0.2) is 6.61 Å². The van der Waals surface area contributed by atoms with Crippen LogP contribution in [0.5, 0.6) is 0 Å². The van der Waals surface area contributed by atoms with Crippen molar-refractivity contribution >= 4 is 51.0 Å². The highest BCUT2D eigenvalue weighted by atomic mass is 79.9. The van der Waals surface area contributed by atoms with Gasteiger partial charge in [-0.25, -0.2) is 4.79 Å².